The van der Waals surface area contributed by atoms with Crippen molar-refractivity contribution in [3.05, 3.63) is 91.8 Å². The maximum absolute atomic E-state index is 15.0. The summed E-state index contributed by atoms with van der Waals surface area (Å²) in [6.07, 6.45) is -1.01. The van der Waals surface area contributed by atoms with E-state index in [2.05, 4.69) is 0 Å². The highest BCUT2D eigenvalue weighted by atomic mass is 19.2. The Labute approximate surface area is 194 Å². The molecule has 0 aliphatic carbocycles. The predicted octanol–water partition coefficient (Wildman–Crippen LogP) is 4.15. The van der Waals surface area contributed by atoms with E-state index < -0.39 is 34.5 Å². The van der Waals surface area contributed by atoms with Gasteiger partial charge in [-0.05, 0) is 32.4 Å². The zero-order valence-electron chi connectivity index (χ0n) is 19.6. The number of aryl methyl sites for hydroxylation is 2. The van der Waals surface area contributed by atoms with Crippen LogP contribution in [0.2, 0.25) is 0 Å². The Morgan fingerprint density at radius 1 is 1.00 bits per heavy atom. The van der Waals surface area contributed by atoms with Gasteiger partial charge in [0.1, 0.15) is 6.10 Å². The van der Waals surface area contributed by atoms with E-state index in [9.17, 15) is 18.4 Å². The van der Waals surface area contributed by atoms with Crippen LogP contribution in [0.1, 0.15) is 36.8 Å². The Morgan fingerprint density at radius 2 is 1.68 bits per heavy atom. The lowest BCUT2D eigenvalue weighted by Gasteiger charge is -2.39. The van der Waals surface area contributed by atoms with E-state index >= 15 is 0 Å². The van der Waals surface area contributed by atoms with Crippen molar-refractivity contribution in [1.82, 2.24) is 13.7 Å². The fourth-order valence-electron chi connectivity index (χ4n) is 4.94. The molecule has 176 valence electrons. The molecule has 1 atom stereocenters. The van der Waals surface area contributed by atoms with E-state index in [0.29, 0.717) is 22.3 Å². The van der Waals surface area contributed by atoms with Gasteiger partial charge in [0.25, 0.3) is 5.56 Å². The number of rotatable bonds is 2. The average Bonchev–Trinajstić information content (AvgIpc) is 3.17. The van der Waals surface area contributed by atoms with Crippen LogP contribution in [0.4, 0.5) is 8.78 Å². The van der Waals surface area contributed by atoms with Crippen LogP contribution in [0.25, 0.3) is 22.2 Å². The first-order valence-corrected chi connectivity index (χ1v) is 11.0. The summed E-state index contributed by atoms with van der Waals surface area (Å²) >= 11 is 0. The van der Waals surface area contributed by atoms with Crippen LogP contribution in [0, 0.1) is 18.6 Å². The van der Waals surface area contributed by atoms with Crippen molar-refractivity contribution in [3.8, 4) is 11.3 Å². The third kappa shape index (κ3) is 3.01. The SMILES string of the molecule is Cc1ccc(-c2c3c(=O)n(C)c(=O)n(C)c3c3n2C(C)(C)CO[C@@H]3c2cccc(F)c2F)cc1. The van der Waals surface area contributed by atoms with E-state index in [1.165, 1.54) is 23.7 Å². The van der Waals surface area contributed by atoms with E-state index in [1.54, 1.807) is 7.05 Å². The molecule has 0 amide bonds. The molecule has 0 unspecified atom stereocenters. The third-order valence-corrected chi connectivity index (χ3v) is 6.65. The topological polar surface area (TPSA) is 58.2 Å². The summed E-state index contributed by atoms with van der Waals surface area (Å²) in [6, 6.07) is 11.7. The molecule has 0 bridgehead atoms. The lowest BCUT2D eigenvalue weighted by Crippen LogP contribution is -2.40. The number of hydrogen-bond donors (Lipinski definition) is 0. The van der Waals surface area contributed by atoms with E-state index in [1.807, 2.05) is 49.6 Å². The van der Waals surface area contributed by atoms with Gasteiger partial charge in [0.05, 0.1) is 34.4 Å². The average molecular weight is 466 g/mol. The van der Waals surface area contributed by atoms with Gasteiger partial charge in [-0.25, -0.2) is 13.6 Å². The van der Waals surface area contributed by atoms with Crippen LogP contribution in [-0.2, 0) is 24.4 Å². The highest BCUT2D eigenvalue weighted by Gasteiger charge is 2.41. The Kier molecular flexibility index (Phi) is 4.91. The molecule has 0 fully saturated rings. The minimum Gasteiger partial charge on any atom is -0.365 e. The van der Waals surface area contributed by atoms with Crippen LogP contribution in [0.3, 0.4) is 0 Å². The molecule has 8 heteroatoms. The molecular weight excluding hydrogens is 440 g/mol. The summed E-state index contributed by atoms with van der Waals surface area (Å²) in [5.41, 5.74) is 1.67. The molecule has 0 radical (unpaired) electrons. The monoisotopic (exact) mass is 465 g/mol. The van der Waals surface area contributed by atoms with Crippen LogP contribution >= 0.6 is 0 Å². The Morgan fingerprint density at radius 3 is 2.35 bits per heavy atom. The summed E-state index contributed by atoms with van der Waals surface area (Å²) < 4.78 is 39.7. The molecule has 0 spiro atoms. The first kappa shape index (κ1) is 22.3. The van der Waals surface area contributed by atoms with E-state index in [4.69, 9.17) is 4.74 Å². The smallest absolute Gasteiger partial charge is 0.331 e. The molecule has 0 saturated heterocycles. The van der Waals surface area contributed by atoms with Gasteiger partial charge in [-0.1, -0.05) is 42.0 Å². The second-order valence-electron chi connectivity index (χ2n) is 9.51. The standard InChI is InChI=1S/C26H25F2N3O3/c1-14-9-11-15(12-10-14)20-18-21(29(4)25(33)30(5)24(18)32)22-23(34-13-26(2,3)31(20)22)16-7-6-8-17(27)19(16)28/h6-12,23H,13H2,1-5H3/t23-/m1/s1. The van der Waals surface area contributed by atoms with Gasteiger partial charge in [0, 0.05) is 19.7 Å². The van der Waals surface area contributed by atoms with Crippen LogP contribution in [0.15, 0.2) is 52.1 Å². The van der Waals surface area contributed by atoms with Crippen LogP contribution in [-0.4, -0.2) is 20.3 Å². The summed E-state index contributed by atoms with van der Waals surface area (Å²) in [6.45, 7) is 6.06. The Bertz CT molecular complexity index is 1580. The first-order valence-electron chi connectivity index (χ1n) is 11.0. The second kappa shape index (κ2) is 7.50. The number of aromatic nitrogens is 3. The summed E-state index contributed by atoms with van der Waals surface area (Å²) in [7, 11) is 3.01. The summed E-state index contributed by atoms with van der Waals surface area (Å²) in [5.74, 6) is -2.00. The van der Waals surface area contributed by atoms with Gasteiger partial charge in [0.15, 0.2) is 11.6 Å². The number of fused-ring (bicyclic) bond motifs is 3. The molecule has 34 heavy (non-hydrogen) atoms. The van der Waals surface area contributed by atoms with Gasteiger partial charge in [-0.2, -0.15) is 0 Å². The molecule has 3 heterocycles. The van der Waals surface area contributed by atoms with Gasteiger partial charge in [0.2, 0.25) is 0 Å². The molecule has 1 aliphatic rings. The van der Waals surface area contributed by atoms with Gasteiger partial charge in [-0.15, -0.1) is 0 Å². The lowest BCUT2D eigenvalue weighted by molar-refractivity contribution is -0.00881. The third-order valence-electron chi connectivity index (χ3n) is 6.65. The number of halogens is 2. The van der Waals surface area contributed by atoms with Crippen LogP contribution in [0.5, 0.6) is 0 Å². The highest BCUT2D eigenvalue weighted by molar-refractivity contribution is 5.96. The zero-order valence-corrected chi connectivity index (χ0v) is 19.6. The maximum Gasteiger partial charge on any atom is 0.331 e. The van der Waals surface area contributed by atoms with Crippen molar-refractivity contribution in [2.45, 2.75) is 32.4 Å². The molecule has 4 aromatic rings. The predicted molar refractivity (Wildman–Crippen MR) is 126 cm³/mol. The lowest BCUT2D eigenvalue weighted by atomic mass is 9.97. The second-order valence-corrected chi connectivity index (χ2v) is 9.51. The molecule has 1 aliphatic heterocycles. The molecule has 0 saturated carbocycles. The fraction of sp³-hybridized carbons (Fsp3) is 0.308. The summed E-state index contributed by atoms with van der Waals surface area (Å²) in [5, 5.41) is 0.337. The van der Waals surface area contributed by atoms with Crippen molar-refractivity contribution >= 4 is 10.9 Å². The van der Waals surface area contributed by atoms with E-state index in [0.717, 1.165) is 21.8 Å². The van der Waals surface area contributed by atoms with Gasteiger partial charge >= 0.3 is 5.69 Å². The molecule has 2 aromatic carbocycles. The van der Waals surface area contributed by atoms with Crippen molar-refractivity contribution in [1.29, 1.82) is 0 Å². The van der Waals surface area contributed by atoms with Gasteiger partial charge < -0.3 is 9.30 Å². The van der Waals surface area contributed by atoms with Crippen LogP contribution < -0.4 is 11.2 Å². The van der Waals surface area contributed by atoms with Crippen molar-refractivity contribution in [3.63, 3.8) is 0 Å². The van der Waals surface area contributed by atoms with Gasteiger partial charge in [-0.3, -0.25) is 13.9 Å². The summed E-state index contributed by atoms with van der Waals surface area (Å²) in [4.78, 5) is 26.5. The largest absolute Gasteiger partial charge is 0.365 e. The fourth-order valence-corrected chi connectivity index (χ4v) is 4.94. The number of ether oxygens (including phenoxy) is 1. The van der Waals surface area contributed by atoms with E-state index in [-0.39, 0.29) is 12.2 Å². The number of benzene rings is 2. The molecule has 6 nitrogen and oxygen atoms in total. The number of hydrogen-bond acceptors (Lipinski definition) is 3. The minimum atomic E-state index is -1.01. The molecule has 5 rings (SSSR count). The zero-order chi connectivity index (χ0) is 24.5. The Balaban J connectivity index is 2.02. The first-order chi connectivity index (χ1) is 16.0. The molecule has 2 aromatic heterocycles. The van der Waals surface area contributed by atoms with Crippen molar-refractivity contribution in [2.75, 3.05) is 6.61 Å². The van der Waals surface area contributed by atoms with Crippen molar-refractivity contribution < 1.29 is 13.5 Å². The normalized spacial score (nSPS) is 17.2. The minimum absolute atomic E-state index is 0.0136. The quantitative estimate of drug-likeness (QED) is 0.447. The molecule has 0 N–H and O–H groups in total. The molecular formula is C26H25F2N3O3. The Hall–Kier alpha value is -3.52. The van der Waals surface area contributed by atoms with Crippen molar-refractivity contribution in [2.24, 2.45) is 14.1 Å². The number of nitrogens with zero attached hydrogens (tertiary/aromatic N) is 3. The highest BCUT2D eigenvalue weighted by Crippen LogP contribution is 2.46. The maximum atomic E-state index is 15.0.